The fraction of sp³-hybridized carbons (Fsp3) is 0.300. The summed E-state index contributed by atoms with van der Waals surface area (Å²) in [7, 11) is 1.57. The number of aryl methyl sites for hydroxylation is 1. The molecule has 2 amide bonds. The van der Waals surface area contributed by atoms with Crippen LogP contribution in [0.4, 0.5) is 10.1 Å². The molecule has 1 saturated heterocycles. The van der Waals surface area contributed by atoms with Gasteiger partial charge in [-0.25, -0.2) is 4.39 Å². The molecule has 0 aromatic heterocycles. The number of rotatable bonds is 8. The predicted molar refractivity (Wildman–Crippen MR) is 141 cm³/mol. The van der Waals surface area contributed by atoms with E-state index in [1.807, 2.05) is 24.3 Å². The molecule has 0 bridgehead atoms. The number of ketones is 1. The Morgan fingerprint density at radius 2 is 1.57 bits per heavy atom. The Morgan fingerprint density at radius 3 is 2.19 bits per heavy atom. The normalized spacial score (nSPS) is 13.8. The number of carbonyl (C=O) groups is 3. The van der Waals surface area contributed by atoms with Crippen LogP contribution in [0.25, 0.3) is 0 Å². The minimum atomic E-state index is -0.364. The van der Waals surface area contributed by atoms with Crippen molar-refractivity contribution in [1.82, 2.24) is 4.90 Å². The van der Waals surface area contributed by atoms with Crippen molar-refractivity contribution in [3.05, 3.63) is 94.8 Å². The van der Waals surface area contributed by atoms with Crippen LogP contribution in [-0.2, 0) is 4.79 Å². The topological polar surface area (TPSA) is 75.7 Å². The summed E-state index contributed by atoms with van der Waals surface area (Å²) in [6.45, 7) is 2.90. The van der Waals surface area contributed by atoms with E-state index in [2.05, 4.69) is 5.32 Å². The Balaban J connectivity index is 1.24. The van der Waals surface area contributed by atoms with Crippen molar-refractivity contribution in [1.29, 1.82) is 0 Å². The minimum absolute atomic E-state index is 0.0921. The van der Waals surface area contributed by atoms with Crippen molar-refractivity contribution in [3.63, 3.8) is 0 Å². The first kappa shape index (κ1) is 26.1. The second-order valence-electron chi connectivity index (χ2n) is 9.35. The third-order valence-corrected chi connectivity index (χ3v) is 6.86. The molecule has 3 aromatic carbocycles. The van der Waals surface area contributed by atoms with Gasteiger partial charge in [-0.3, -0.25) is 14.4 Å². The first-order chi connectivity index (χ1) is 17.8. The van der Waals surface area contributed by atoms with Gasteiger partial charge in [0.25, 0.3) is 5.91 Å². The van der Waals surface area contributed by atoms with E-state index in [1.54, 1.807) is 55.3 Å². The summed E-state index contributed by atoms with van der Waals surface area (Å²) in [4.78, 5) is 39.2. The maximum absolute atomic E-state index is 13.9. The van der Waals surface area contributed by atoms with Crippen LogP contribution in [0.2, 0.25) is 0 Å². The van der Waals surface area contributed by atoms with Gasteiger partial charge in [-0.15, -0.1) is 0 Å². The number of benzene rings is 3. The zero-order chi connectivity index (χ0) is 26.4. The first-order valence-corrected chi connectivity index (χ1v) is 12.5. The van der Waals surface area contributed by atoms with Crippen molar-refractivity contribution in [2.24, 2.45) is 0 Å². The molecule has 7 heteroatoms. The van der Waals surface area contributed by atoms with Crippen molar-refractivity contribution >= 4 is 23.3 Å². The lowest BCUT2D eigenvalue weighted by atomic mass is 9.89. The summed E-state index contributed by atoms with van der Waals surface area (Å²) in [5.74, 6) is 0.179. The molecule has 0 saturated carbocycles. The number of methoxy groups -OCH3 is 1. The van der Waals surface area contributed by atoms with Crippen molar-refractivity contribution in [2.75, 3.05) is 25.5 Å². The van der Waals surface area contributed by atoms with Crippen LogP contribution in [0, 0.1) is 12.7 Å². The van der Waals surface area contributed by atoms with Crippen molar-refractivity contribution in [2.45, 2.75) is 38.5 Å². The molecule has 0 radical (unpaired) electrons. The SMILES string of the molecule is COc1ccc(C(=O)CCC(=O)Nc2ccc(C3CCN(C(=O)c4ccc(C)c(F)c4)CC3)cc2)cc1. The molecule has 6 nitrogen and oxygen atoms in total. The van der Waals surface area contributed by atoms with E-state index in [0.717, 1.165) is 18.4 Å². The number of anilines is 1. The fourth-order valence-electron chi connectivity index (χ4n) is 4.53. The van der Waals surface area contributed by atoms with Gasteiger partial charge in [0, 0.05) is 42.7 Å². The molecule has 1 aliphatic heterocycles. The molecule has 0 aliphatic carbocycles. The summed E-state index contributed by atoms with van der Waals surface area (Å²) in [5, 5.41) is 2.85. The molecule has 0 unspecified atom stereocenters. The number of amides is 2. The van der Waals surface area contributed by atoms with Gasteiger partial charge in [0.1, 0.15) is 11.6 Å². The van der Waals surface area contributed by atoms with E-state index < -0.39 is 0 Å². The molecule has 4 rings (SSSR count). The third-order valence-electron chi connectivity index (χ3n) is 6.86. The number of halogens is 1. The Bertz CT molecular complexity index is 1260. The Kier molecular flexibility index (Phi) is 8.33. The molecular formula is C30H31FN2O4. The average molecular weight is 503 g/mol. The van der Waals surface area contributed by atoms with E-state index >= 15 is 0 Å². The number of likely N-dealkylation sites (tertiary alicyclic amines) is 1. The number of ether oxygens (including phenoxy) is 1. The lowest BCUT2D eigenvalue weighted by molar-refractivity contribution is -0.116. The van der Waals surface area contributed by atoms with Crippen LogP contribution < -0.4 is 10.1 Å². The predicted octanol–water partition coefficient (Wildman–Crippen LogP) is 5.76. The van der Waals surface area contributed by atoms with Crippen LogP contribution in [0.5, 0.6) is 5.75 Å². The second-order valence-corrected chi connectivity index (χ2v) is 9.35. The van der Waals surface area contributed by atoms with Crippen LogP contribution in [0.3, 0.4) is 0 Å². The summed E-state index contributed by atoms with van der Waals surface area (Å²) in [6, 6.07) is 19.2. The van der Waals surface area contributed by atoms with Gasteiger partial charge in [0.15, 0.2) is 5.78 Å². The highest BCUT2D eigenvalue weighted by Gasteiger charge is 2.25. The smallest absolute Gasteiger partial charge is 0.253 e. The molecule has 1 heterocycles. The Hall–Kier alpha value is -4.00. The molecule has 192 valence electrons. The monoisotopic (exact) mass is 502 g/mol. The quantitative estimate of drug-likeness (QED) is 0.397. The molecule has 0 spiro atoms. The highest BCUT2D eigenvalue weighted by atomic mass is 19.1. The van der Waals surface area contributed by atoms with Crippen LogP contribution in [0.15, 0.2) is 66.7 Å². The van der Waals surface area contributed by atoms with E-state index in [-0.39, 0.29) is 36.3 Å². The summed E-state index contributed by atoms with van der Waals surface area (Å²) >= 11 is 0. The van der Waals surface area contributed by atoms with Gasteiger partial charge in [-0.1, -0.05) is 18.2 Å². The molecule has 1 fully saturated rings. The van der Waals surface area contributed by atoms with Gasteiger partial charge >= 0.3 is 0 Å². The largest absolute Gasteiger partial charge is 0.497 e. The van der Waals surface area contributed by atoms with E-state index in [4.69, 9.17) is 4.74 Å². The molecular weight excluding hydrogens is 471 g/mol. The molecule has 1 aliphatic rings. The van der Waals surface area contributed by atoms with Crippen molar-refractivity contribution < 1.29 is 23.5 Å². The number of piperidine rings is 1. The summed E-state index contributed by atoms with van der Waals surface area (Å²) in [6.07, 6.45) is 1.87. The molecule has 37 heavy (non-hydrogen) atoms. The summed E-state index contributed by atoms with van der Waals surface area (Å²) < 4.78 is 19.0. The van der Waals surface area contributed by atoms with Crippen molar-refractivity contribution in [3.8, 4) is 5.75 Å². The standard InChI is InChI=1S/C30H31FN2O4/c1-20-3-4-24(19-27(20)31)30(36)33-17-15-22(16-18-33)21-5-9-25(10-6-21)32-29(35)14-13-28(34)23-7-11-26(37-2)12-8-23/h3-12,19,22H,13-18H2,1-2H3,(H,32,35). The maximum Gasteiger partial charge on any atom is 0.253 e. The highest BCUT2D eigenvalue weighted by Crippen LogP contribution is 2.29. The van der Waals surface area contributed by atoms with Gasteiger partial charge in [-0.2, -0.15) is 0 Å². The zero-order valence-corrected chi connectivity index (χ0v) is 21.1. The van der Waals surface area contributed by atoms with E-state index in [0.29, 0.717) is 47.1 Å². The molecule has 0 atom stereocenters. The number of nitrogens with zero attached hydrogens (tertiary/aromatic N) is 1. The average Bonchev–Trinajstić information content (AvgIpc) is 2.93. The van der Waals surface area contributed by atoms with E-state index in [9.17, 15) is 18.8 Å². The fourth-order valence-corrected chi connectivity index (χ4v) is 4.53. The molecule has 3 aromatic rings. The maximum atomic E-state index is 13.9. The summed E-state index contributed by atoms with van der Waals surface area (Å²) in [5.41, 5.74) is 3.29. The molecule has 1 N–H and O–H groups in total. The Morgan fingerprint density at radius 1 is 0.919 bits per heavy atom. The van der Waals surface area contributed by atoms with E-state index in [1.165, 1.54) is 6.07 Å². The van der Waals surface area contributed by atoms with Gasteiger partial charge in [0.05, 0.1) is 7.11 Å². The number of hydrogen-bond donors (Lipinski definition) is 1. The van der Waals surface area contributed by atoms with Crippen LogP contribution >= 0.6 is 0 Å². The number of Topliss-reactive ketones (excluding diaryl/α,β-unsaturated/α-hetero) is 1. The minimum Gasteiger partial charge on any atom is -0.497 e. The number of hydrogen-bond acceptors (Lipinski definition) is 4. The van der Waals surface area contributed by atoms with Crippen LogP contribution in [0.1, 0.15) is 63.4 Å². The zero-order valence-electron chi connectivity index (χ0n) is 21.1. The van der Waals surface area contributed by atoms with Crippen LogP contribution in [-0.4, -0.2) is 42.7 Å². The third kappa shape index (κ3) is 6.61. The number of carbonyl (C=O) groups excluding carboxylic acids is 3. The second kappa shape index (κ2) is 11.8. The highest BCUT2D eigenvalue weighted by molar-refractivity contribution is 6.00. The van der Waals surface area contributed by atoms with Gasteiger partial charge in [-0.05, 0) is 85.3 Å². The lowest BCUT2D eigenvalue weighted by Gasteiger charge is -2.32. The van der Waals surface area contributed by atoms with Gasteiger partial charge in [0.2, 0.25) is 5.91 Å². The Labute approximate surface area is 216 Å². The first-order valence-electron chi connectivity index (χ1n) is 12.5. The lowest BCUT2D eigenvalue weighted by Crippen LogP contribution is -2.38. The number of nitrogens with one attached hydrogen (secondary N) is 1. The van der Waals surface area contributed by atoms with Gasteiger partial charge < -0.3 is 15.0 Å².